The number of nitrogens with one attached hydrogen (secondary N) is 1. The minimum atomic E-state index is -4.90. The van der Waals surface area contributed by atoms with Gasteiger partial charge in [0.25, 0.3) is 0 Å². The van der Waals surface area contributed by atoms with Crippen LogP contribution >= 0.6 is 0 Å². The van der Waals surface area contributed by atoms with Gasteiger partial charge in [-0.1, -0.05) is 0 Å². The summed E-state index contributed by atoms with van der Waals surface area (Å²) in [5.74, 6) is -1.13. The van der Waals surface area contributed by atoms with Gasteiger partial charge >= 0.3 is 6.18 Å². The van der Waals surface area contributed by atoms with E-state index >= 15 is 0 Å². The molecule has 0 spiro atoms. The van der Waals surface area contributed by atoms with E-state index in [9.17, 15) is 26.4 Å². The van der Waals surface area contributed by atoms with Crippen LogP contribution in [-0.2, 0) is 25.7 Å². The molecule has 1 N–H and O–H groups in total. The van der Waals surface area contributed by atoms with Crippen molar-refractivity contribution in [2.75, 3.05) is 26.3 Å². The van der Waals surface area contributed by atoms with Gasteiger partial charge in [-0.25, -0.2) is 8.42 Å². The van der Waals surface area contributed by atoms with Crippen molar-refractivity contribution in [1.29, 1.82) is 0 Å². The largest absolute Gasteiger partial charge is 0.434 e. The van der Waals surface area contributed by atoms with Gasteiger partial charge in [0.15, 0.2) is 5.69 Å². The van der Waals surface area contributed by atoms with Gasteiger partial charge in [0.2, 0.25) is 15.9 Å². The number of ether oxygens (including phenoxy) is 1. The highest BCUT2D eigenvalue weighted by atomic mass is 32.2. The van der Waals surface area contributed by atoms with Crippen LogP contribution in [0.5, 0.6) is 0 Å². The van der Waals surface area contributed by atoms with Crippen LogP contribution in [0, 0.1) is 5.92 Å². The Morgan fingerprint density at radius 2 is 2.04 bits per heavy atom. The Balaban J connectivity index is 2.01. The number of nitrogens with zero attached hydrogens (tertiary/aromatic N) is 2. The fourth-order valence-corrected chi connectivity index (χ4v) is 4.43. The molecule has 3 heterocycles. The van der Waals surface area contributed by atoms with Crippen molar-refractivity contribution >= 4 is 15.9 Å². The van der Waals surface area contributed by atoms with Crippen LogP contribution in [-0.4, -0.2) is 56.0 Å². The lowest BCUT2D eigenvalue weighted by molar-refractivity contribution is -0.143. The van der Waals surface area contributed by atoms with Crippen molar-refractivity contribution in [2.45, 2.75) is 17.1 Å². The molecule has 0 aromatic carbocycles. The van der Waals surface area contributed by atoms with Crippen molar-refractivity contribution in [2.24, 2.45) is 5.92 Å². The van der Waals surface area contributed by atoms with Gasteiger partial charge in [-0.3, -0.25) is 9.78 Å². The Hall–Kier alpha value is -1.72. The quantitative estimate of drug-likeness (QED) is 0.811. The lowest BCUT2D eigenvalue weighted by Gasteiger charge is -2.27. The van der Waals surface area contributed by atoms with Gasteiger partial charge < -0.3 is 10.1 Å². The molecule has 2 fully saturated rings. The summed E-state index contributed by atoms with van der Waals surface area (Å²) in [5, 5.41) is 2.63. The lowest BCUT2D eigenvalue weighted by Crippen LogP contribution is -2.44. The summed E-state index contributed by atoms with van der Waals surface area (Å²) >= 11 is 0. The van der Waals surface area contributed by atoms with Crippen LogP contribution in [0.3, 0.4) is 0 Å². The third-order valence-electron chi connectivity index (χ3n) is 3.86. The molecule has 0 unspecified atom stereocenters. The molecule has 24 heavy (non-hydrogen) atoms. The topological polar surface area (TPSA) is 88.6 Å². The predicted octanol–water partition coefficient (Wildman–Crippen LogP) is 0.236. The fourth-order valence-electron chi connectivity index (χ4n) is 2.74. The normalized spacial score (nSPS) is 25.9. The number of amides is 1. The highest BCUT2D eigenvalue weighted by molar-refractivity contribution is 7.89. The summed E-state index contributed by atoms with van der Waals surface area (Å²) in [6.07, 6.45) is -4.01. The number of pyridine rings is 1. The summed E-state index contributed by atoms with van der Waals surface area (Å²) in [6.45, 7) is -0.269. The van der Waals surface area contributed by atoms with Crippen LogP contribution in [0.15, 0.2) is 23.2 Å². The molecule has 2 aliphatic heterocycles. The third-order valence-corrected chi connectivity index (χ3v) is 5.72. The van der Waals surface area contributed by atoms with E-state index in [1.807, 2.05) is 0 Å². The smallest absolute Gasteiger partial charge is 0.378 e. The molecule has 2 atom stereocenters. The Bertz CT molecular complexity index is 753. The molecule has 1 aromatic rings. The van der Waals surface area contributed by atoms with E-state index in [0.29, 0.717) is 0 Å². The first-order valence-corrected chi connectivity index (χ1v) is 8.54. The Labute approximate surface area is 135 Å². The van der Waals surface area contributed by atoms with Gasteiger partial charge in [-0.15, -0.1) is 0 Å². The first-order chi connectivity index (χ1) is 11.2. The van der Waals surface area contributed by atoms with Crippen LogP contribution in [0.4, 0.5) is 13.2 Å². The van der Waals surface area contributed by atoms with E-state index < -0.39 is 38.7 Å². The van der Waals surface area contributed by atoms with E-state index in [-0.39, 0.29) is 32.2 Å². The maximum absolute atomic E-state index is 13.1. The van der Waals surface area contributed by atoms with Gasteiger partial charge in [0.05, 0.1) is 25.2 Å². The van der Waals surface area contributed by atoms with E-state index in [2.05, 4.69) is 10.3 Å². The van der Waals surface area contributed by atoms with Crippen molar-refractivity contribution < 1.29 is 31.1 Å². The van der Waals surface area contributed by atoms with E-state index in [1.54, 1.807) is 0 Å². The van der Waals surface area contributed by atoms with Crippen LogP contribution < -0.4 is 5.32 Å². The first kappa shape index (κ1) is 17.1. The lowest BCUT2D eigenvalue weighted by atomic mass is 10.1. The number of carbonyl (C=O) groups is 1. The predicted molar refractivity (Wildman–Crippen MR) is 74.2 cm³/mol. The molecule has 2 aliphatic rings. The van der Waals surface area contributed by atoms with Crippen LogP contribution in [0.1, 0.15) is 5.69 Å². The number of alkyl halides is 3. The second-order valence-corrected chi connectivity index (χ2v) is 7.52. The number of hydrogen-bond donors (Lipinski definition) is 1. The van der Waals surface area contributed by atoms with Crippen LogP contribution in [0.25, 0.3) is 0 Å². The molecule has 0 saturated carbocycles. The van der Waals surface area contributed by atoms with E-state index in [4.69, 9.17) is 4.74 Å². The number of sulfonamides is 1. The van der Waals surface area contributed by atoms with Crippen molar-refractivity contribution in [3.05, 3.63) is 24.0 Å². The first-order valence-electron chi connectivity index (χ1n) is 7.10. The Kier molecular flexibility index (Phi) is 4.26. The van der Waals surface area contributed by atoms with Crippen LogP contribution in [0.2, 0.25) is 0 Å². The standard InChI is InChI=1S/C13H14F3N3O4S/c14-13(15,16)11-10(2-1-3-17-11)24(21,22)19-4-8-6-23-7-9(5-19)18-12(8)20/h1-3,8-9H,4-7H2,(H,18,20)/t8-,9+/m1/s1. The molecular weight excluding hydrogens is 351 g/mol. The third kappa shape index (κ3) is 3.10. The van der Waals surface area contributed by atoms with Gasteiger partial charge in [0.1, 0.15) is 4.90 Å². The monoisotopic (exact) mass is 365 g/mol. The molecule has 7 nitrogen and oxygen atoms in total. The zero-order valence-electron chi connectivity index (χ0n) is 12.3. The number of fused-ring (bicyclic) bond motifs is 3. The number of aromatic nitrogens is 1. The second kappa shape index (κ2) is 5.97. The zero-order valence-corrected chi connectivity index (χ0v) is 13.1. The summed E-state index contributed by atoms with van der Waals surface area (Å²) in [5.41, 5.74) is -1.46. The van der Waals surface area contributed by atoms with Crippen molar-refractivity contribution in [3.63, 3.8) is 0 Å². The van der Waals surface area contributed by atoms with Gasteiger partial charge in [-0.05, 0) is 12.1 Å². The van der Waals surface area contributed by atoms with Crippen molar-refractivity contribution in [3.8, 4) is 0 Å². The average molecular weight is 365 g/mol. The maximum Gasteiger partial charge on any atom is 0.434 e. The number of carbonyl (C=O) groups excluding carboxylic acids is 1. The molecule has 2 saturated heterocycles. The molecule has 0 radical (unpaired) electrons. The summed E-state index contributed by atoms with van der Waals surface area (Å²) < 4.78 is 70.9. The zero-order chi connectivity index (χ0) is 17.5. The number of hydrogen-bond acceptors (Lipinski definition) is 5. The molecule has 1 amide bonds. The van der Waals surface area contributed by atoms with E-state index in [1.165, 1.54) is 0 Å². The van der Waals surface area contributed by atoms with E-state index in [0.717, 1.165) is 22.6 Å². The highest BCUT2D eigenvalue weighted by Crippen LogP contribution is 2.34. The molecular formula is C13H14F3N3O4S. The molecule has 1 aromatic heterocycles. The Morgan fingerprint density at radius 3 is 2.75 bits per heavy atom. The molecule has 2 bridgehead atoms. The Morgan fingerprint density at radius 1 is 1.29 bits per heavy atom. The fraction of sp³-hybridized carbons (Fsp3) is 0.538. The second-order valence-electron chi connectivity index (χ2n) is 5.61. The minimum Gasteiger partial charge on any atom is -0.378 e. The maximum atomic E-state index is 13.1. The minimum absolute atomic E-state index is 0.0214. The summed E-state index contributed by atoms with van der Waals surface area (Å²) in [7, 11) is -4.46. The SMILES string of the molecule is O=C1N[C@@H]2COC[C@H]1CN(S(=O)(=O)c1cccnc1C(F)(F)F)C2. The number of rotatable bonds is 2. The summed E-state index contributed by atoms with van der Waals surface area (Å²) in [6, 6.07) is 1.40. The highest BCUT2D eigenvalue weighted by Gasteiger charge is 2.43. The average Bonchev–Trinajstić information content (AvgIpc) is 2.75. The number of halogens is 3. The van der Waals surface area contributed by atoms with Gasteiger partial charge in [0, 0.05) is 19.3 Å². The summed E-state index contributed by atoms with van der Waals surface area (Å²) in [4.78, 5) is 14.2. The molecule has 11 heteroatoms. The molecule has 0 aliphatic carbocycles. The molecule has 3 rings (SSSR count). The van der Waals surface area contributed by atoms with Gasteiger partial charge in [-0.2, -0.15) is 17.5 Å². The molecule has 132 valence electrons. The van der Waals surface area contributed by atoms with Crippen molar-refractivity contribution in [1.82, 2.24) is 14.6 Å².